The van der Waals surface area contributed by atoms with Gasteiger partial charge < -0.3 is 16.0 Å². The third-order valence-corrected chi connectivity index (χ3v) is 5.14. The van der Waals surface area contributed by atoms with E-state index in [0.29, 0.717) is 27.5 Å². The molecular weight excluding hydrogens is 422 g/mol. The van der Waals surface area contributed by atoms with Crippen LogP contribution in [0.1, 0.15) is 47.1 Å². The lowest BCUT2D eigenvalue weighted by Crippen LogP contribution is -2.26. The second-order valence-electron chi connectivity index (χ2n) is 8.40. The molecule has 3 aromatic carbocycles. The van der Waals surface area contributed by atoms with Gasteiger partial charge in [0.15, 0.2) is 0 Å². The normalized spacial score (nSPS) is 10.9. The molecule has 0 heterocycles. The quantitative estimate of drug-likeness (QED) is 0.421. The summed E-state index contributed by atoms with van der Waals surface area (Å²) in [5.74, 6) is -0.208. The molecule has 0 aliphatic heterocycles. The Labute approximate surface area is 193 Å². The van der Waals surface area contributed by atoms with Gasteiger partial charge in [-0.15, -0.1) is 0 Å². The zero-order valence-electron chi connectivity index (χ0n) is 18.3. The van der Waals surface area contributed by atoms with Gasteiger partial charge in [0.2, 0.25) is 0 Å². The van der Waals surface area contributed by atoms with Gasteiger partial charge in [0.25, 0.3) is 11.8 Å². The molecule has 0 aliphatic carbocycles. The van der Waals surface area contributed by atoms with Crippen molar-refractivity contribution in [3.63, 3.8) is 0 Å². The minimum atomic E-state index is -0.272. The molecule has 0 saturated heterocycles. The lowest BCUT2D eigenvalue weighted by molar-refractivity contribution is 0.0965. The molecule has 0 radical (unpaired) electrons. The van der Waals surface area contributed by atoms with Gasteiger partial charge in [0.05, 0.1) is 10.7 Å². The predicted molar refractivity (Wildman–Crippen MR) is 131 cm³/mol. The zero-order valence-corrected chi connectivity index (χ0v) is 19.1. The van der Waals surface area contributed by atoms with E-state index in [9.17, 15) is 9.59 Å². The van der Waals surface area contributed by atoms with E-state index in [1.807, 2.05) is 18.2 Å². The zero-order chi connectivity index (χ0) is 23.3. The first-order valence-corrected chi connectivity index (χ1v) is 10.5. The lowest BCUT2D eigenvalue weighted by atomic mass is 9.87. The van der Waals surface area contributed by atoms with Crippen LogP contribution in [-0.2, 0) is 5.41 Å². The van der Waals surface area contributed by atoms with Crippen molar-refractivity contribution >= 4 is 34.8 Å². The van der Waals surface area contributed by atoms with E-state index in [0.717, 1.165) is 5.56 Å². The van der Waals surface area contributed by atoms with Gasteiger partial charge >= 0.3 is 0 Å². The molecule has 3 rings (SSSR count). The third-order valence-electron chi connectivity index (χ3n) is 4.83. The standard InChI is InChI=1S/C26H26ClN3O2/c1-17(29-24(31)19-10-12-20(13-11-19)26(2,3)4)28-23-15-14-21(16-22(23)27)30-25(32)18-8-6-5-7-9-18/h5-16,28H,1H2,2-4H3,(H,29,31)(H,30,32). The van der Waals surface area contributed by atoms with Crippen molar-refractivity contribution in [2.24, 2.45) is 0 Å². The summed E-state index contributed by atoms with van der Waals surface area (Å²) in [6, 6.07) is 21.4. The molecule has 32 heavy (non-hydrogen) atoms. The van der Waals surface area contributed by atoms with Crippen LogP contribution in [0.5, 0.6) is 0 Å². The van der Waals surface area contributed by atoms with Crippen LogP contribution in [0, 0.1) is 0 Å². The summed E-state index contributed by atoms with van der Waals surface area (Å²) in [7, 11) is 0. The van der Waals surface area contributed by atoms with Crippen molar-refractivity contribution in [2.45, 2.75) is 26.2 Å². The van der Waals surface area contributed by atoms with Crippen LogP contribution < -0.4 is 16.0 Å². The molecule has 0 aliphatic rings. The Kier molecular flexibility index (Phi) is 7.01. The van der Waals surface area contributed by atoms with E-state index in [2.05, 4.69) is 43.3 Å². The van der Waals surface area contributed by atoms with Gasteiger partial charge in [-0.25, -0.2) is 0 Å². The maximum atomic E-state index is 12.5. The second-order valence-corrected chi connectivity index (χ2v) is 8.81. The molecule has 164 valence electrons. The van der Waals surface area contributed by atoms with E-state index in [-0.39, 0.29) is 23.1 Å². The van der Waals surface area contributed by atoms with Crippen molar-refractivity contribution in [1.29, 1.82) is 0 Å². The molecule has 0 bridgehead atoms. The average Bonchev–Trinajstić information content (AvgIpc) is 2.75. The molecule has 2 amide bonds. The first-order chi connectivity index (χ1) is 15.1. The van der Waals surface area contributed by atoms with Gasteiger partial charge in [0.1, 0.15) is 5.82 Å². The first kappa shape index (κ1) is 23.1. The maximum absolute atomic E-state index is 12.5. The molecule has 5 nitrogen and oxygen atoms in total. The van der Waals surface area contributed by atoms with Crippen LogP contribution >= 0.6 is 11.6 Å². The largest absolute Gasteiger partial charge is 0.341 e. The van der Waals surface area contributed by atoms with Gasteiger partial charge in [-0.05, 0) is 53.4 Å². The SMILES string of the molecule is C=C(NC(=O)c1ccc(C(C)(C)C)cc1)Nc1ccc(NC(=O)c2ccccc2)cc1Cl. The predicted octanol–water partition coefficient (Wildman–Crippen LogP) is 6.20. The molecule has 0 aromatic heterocycles. The summed E-state index contributed by atoms with van der Waals surface area (Å²) in [5.41, 5.74) is 3.37. The summed E-state index contributed by atoms with van der Waals surface area (Å²) in [6.07, 6.45) is 0. The van der Waals surface area contributed by atoms with Gasteiger partial charge in [0, 0.05) is 16.8 Å². The van der Waals surface area contributed by atoms with E-state index in [1.165, 1.54) is 0 Å². The fourth-order valence-electron chi connectivity index (χ4n) is 3.01. The van der Waals surface area contributed by atoms with Crippen molar-refractivity contribution < 1.29 is 9.59 Å². The Morgan fingerprint density at radius 1 is 0.812 bits per heavy atom. The Morgan fingerprint density at radius 3 is 2.03 bits per heavy atom. The summed E-state index contributed by atoms with van der Waals surface area (Å²) < 4.78 is 0. The fourth-order valence-corrected chi connectivity index (χ4v) is 3.24. The Morgan fingerprint density at radius 2 is 1.44 bits per heavy atom. The van der Waals surface area contributed by atoms with Crippen LogP contribution in [0.3, 0.4) is 0 Å². The van der Waals surface area contributed by atoms with Crippen molar-refractivity contribution in [3.8, 4) is 0 Å². The highest BCUT2D eigenvalue weighted by atomic mass is 35.5. The monoisotopic (exact) mass is 447 g/mol. The van der Waals surface area contributed by atoms with Crippen LogP contribution in [-0.4, -0.2) is 11.8 Å². The van der Waals surface area contributed by atoms with Gasteiger partial charge in [-0.3, -0.25) is 9.59 Å². The number of halogens is 1. The summed E-state index contributed by atoms with van der Waals surface area (Å²) in [6.45, 7) is 10.2. The minimum absolute atomic E-state index is 0.0175. The maximum Gasteiger partial charge on any atom is 0.256 e. The van der Waals surface area contributed by atoms with Crippen LogP contribution in [0.4, 0.5) is 11.4 Å². The van der Waals surface area contributed by atoms with E-state index < -0.39 is 0 Å². The number of carbonyl (C=O) groups excluding carboxylic acids is 2. The molecule has 0 unspecified atom stereocenters. The van der Waals surface area contributed by atoms with E-state index in [4.69, 9.17) is 11.6 Å². The van der Waals surface area contributed by atoms with Crippen molar-refractivity contribution in [1.82, 2.24) is 5.32 Å². The smallest absolute Gasteiger partial charge is 0.256 e. The van der Waals surface area contributed by atoms with Crippen molar-refractivity contribution in [3.05, 3.63) is 107 Å². The highest BCUT2D eigenvalue weighted by Gasteiger charge is 2.15. The molecule has 0 fully saturated rings. The highest BCUT2D eigenvalue weighted by Crippen LogP contribution is 2.27. The van der Waals surface area contributed by atoms with Crippen LogP contribution in [0.15, 0.2) is 85.2 Å². The molecule has 3 N–H and O–H groups in total. The second kappa shape index (κ2) is 9.71. The molecule has 3 aromatic rings. The Hall–Kier alpha value is -3.57. The first-order valence-electron chi connectivity index (χ1n) is 10.2. The van der Waals surface area contributed by atoms with E-state index >= 15 is 0 Å². The summed E-state index contributed by atoms with van der Waals surface area (Å²) in [5, 5.41) is 8.89. The van der Waals surface area contributed by atoms with E-state index in [1.54, 1.807) is 54.6 Å². The van der Waals surface area contributed by atoms with Gasteiger partial charge in [-0.1, -0.05) is 69.3 Å². The summed E-state index contributed by atoms with van der Waals surface area (Å²) >= 11 is 6.35. The van der Waals surface area contributed by atoms with Crippen molar-refractivity contribution in [2.75, 3.05) is 10.6 Å². The molecular formula is C26H26ClN3O2. The number of hydrogen-bond donors (Lipinski definition) is 3. The lowest BCUT2D eigenvalue weighted by Gasteiger charge is -2.19. The third kappa shape index (κ3) is 5.99. The molecule has 0 spiro atoms. The number of nitrogens with one attached hydrogen (secondary N) is 3. The number of hydrogen-bond acceptors (Lipinski definition) is 3. The van der Waals surface area contributed by atoms with Gasteiger partial charge in [-0.2, -0.15) is 0 Å². The number of amides is 2. The Bertz CT molecular complexity index is 1130. The topological polar surface area (TPSA) is 70.2 Å². The fraction of sp³-hybridized carbons (Fsp3) is 0.154. The number of anilines is 2. The average molecular weight is 448 g/mol. The number of benzene rings is 3. The number of carbonyl (C=O) groups is 2. The molecule has 0 saturated carbocycles. The summed E-state index contributed by atoms with van der Waals surface area (Å²) in [4.78, 5) is 24.8. The van der Waals surface area contributed by atoms with Crippen LogP contribution in [0.25, 0.3) is 0 Å². The minimum Gasteiger partial charge on any atom is -0.341 e. The van der Waals surface area contributed by atoms with Crippen LogP contribution in [0.2, 0.25) is 5.02 Å². The number of rotatable bonds is 6. The Balaban J connectivity index is 1.60. The molecule has 6 heteroatoms. The highest BCUT2D eigenvalue weighted by molar-refractivity contribution is 6.33. The molecule has 0 atom stereocenters.